The Morgan fingerprint density at radius 3 is 2.11 bits per heavy atom. The topological polar surface area (TPSA) is 37.3 Å². The van der Waals surface area contributed by atoms with Crippen molar-refractivity contribution in [1.29, 1.82) is 0 Å². The van der Waals surface area contributed by atoms with Gasteiger partial charge in [-0.3, -0.25) is 4.79 Å². The first kappa shape index (κ1) is 16.4. The molecule has 2 heteroatoms. The van der Waals surface area contributed by atoms with Gasteiger partial charge in [-0.2, -0.15) is 0 Å². The van der Waals surface area contributed by atoms with Crippen LogP contribution in [-0.4, -0.2) is 17.5 Å². The third kappa shape index (κ3) is 6.91. The number of carbonyl (C=O) groups is 1. The summed E-state index contributed by atoms with van der Waals surface area (Å²) in [5.41, 5.74) is 2.49. The molecule has 0 fully saturated rings. The van der Waals surface area contributed by atoms with E-state index in [9.17, 15) is 4.79 Å². The Labute approximate surface area is 118 Å². The van der Waals surface area contributed by atoms with Gasteiger partial charge in [0.1, 0.15) is 0 Å². The minimum absolute atomic E-state index is 0.340. The highest BCUT2D eigenvalue weighted by Gasteiger charge is 2.15. The quantitative estimate of drug-likeness (QED) is 0.589. The van der Waals surface area contributed by atoms with Gasteiger partial charge in [-0.05, 0) is 44.6 Å². The van der Waals surface area contributed by atoms with E-state index in [2.05, 4.69) is 0 Å². The molecule has 0 spiro atoms. The molecule has 0 bridgehead atoms. The number of aliphatic hydroxyl groups excluding tert-OH is 1. The Kier molecular flexibility index (Phi) is 8.81. The summed E-state index contributed by atoms with van der Waals surface area (Å²) in [4.78, 5) is 11.6. The molecule has 0 radical (unpaired) electrons. The highest BCUT2D eigenvalue weighted by atomic mass is 16.2. The van der Waals surface area contributed by atoms with Crippen molar-refractivity contribution in [3.05, 3.63) is 11.1 Å². The molecule has 0 aliphatic heterocycles. The molecule has 0 amide bonds. The summed E-state index contributed by atoms with van der Waals surface area (Å²) < 4.78 is 0. The van der Waals surface area contributed by atoms with E-state index in [0.29, 0.717) is 12.4 Å². The maximum absolute atomic E-state index is 11.6. The van der Waals surface area contributed by atoms with Crippen molar-refractivity contribution in [3.63, 3.8) is 0 Å². The first-order valence-corrected chi connectivity index (χ1v) is 8.08. The standard InChI is InChI=1S/C17H30O2/c1-15-16(12-10-13-17(15)19)11-8-6-4-2-3-5-7-9-14-18/h18H,2-14H2,1H3. The van der Waals surface area contributed by atoms with Gasteiger partial charge in [0.15, 0.2) is 5.78 Å². The van der Waals surface area contributed by atoms with Crippen molar-refractivity contribution >= 4 is 5.78 Å². The van der Waals surface area contributed by atoms with Crippen LogP contribution in [0.4, 0.5) is 0 Å². The summed E-state index contributed by atoms with van der Waals surface area (Å²) in [6, 6.07) is 0. The predicted octanol–water partition coefficient (Wildman–Crippen LogP) is 4.56. The van der Waals surface area contributed by atoms with E-state index < -0.39 is 0 Å². The molecule has 19 heavy (non-hydrogen) atoms. The van der Waals surface area contributed by atoms with Gasteiger partial charge >= 0.3 is 0 Å². The highest BCUT2D eigenvalue weighted by molar-refractivity contribution is 5.96. The number of aliphatic hydroxyl groups is 1. The third-order valence-corrected chi connectivity index (χ3v) is 4.22. The van der Waals surface area contributed by atoms with Gasteiger partial charge in [-0.15, -0.1) is 0 Å². The van der Waals surface area contributed by atoms with Crippen molar-refractivity contribution in [2.24, 2.45) is 0 Å². The predicted molar refractivity (Wildman–Crippen MR) is 80.2 cm³/mol. The minimum atomic E-state index is 0.340. The molecule has 0 atom stereocenters. The number of Topliss-reactive ketones (excluding diaryl/α,β-unsaturated/α-hetero) is 1. The Morgan fingerprint density at radius 1 is 0.895 bits per heavy atom. The molecule has 1 rings (SSSR count). The zero-order valence-corrected chi connectivity index (χ0v) is 12.5. The van der Waals surface area contributed by atoms with Crippen molar-refractivity contribution in [2.45, 2.75) is 84.0 Å². The van der Waals surface area contributed by atoms with Crippen LogP contribution in [0.25, 0.3) is 0 Å². The minimum Gasteiger partial charge on any atom is -0.396 e. The summed E-state index contributed by atoms with van der Waals surface area (Å²) >= 11 is 0. The van der Waals surface area contributed by atoms with Crippen LogP contribution in [0.2, 0.25) is 0 Å². The van der Waals surface area contributed by atoms with Gasteiger partial charge in [0.05, 0.1) is 0 Å². The number of hydrogen-bond acceptors (Lipinski definition) is 2. The molecule has 0 saturated carbocycles. The number of hydrogen-bond donors (Lipinski definition) is 1. The molecule has 110 valence electrons. The molecule has 1 aliphatic carbocycles. The van der Waals surface area contributed by atoms with Gasteiger partial charge in [-0.1, -0.05) is 44.1 Å². The lowest BCUT2D eigenvalue weighted by atomic mass is 9.88. The molecule has 0 aromatic heterocycles. The SMILES string of the molecule is CC1=C(CCCCCCCCCCO)CCCC1=O. The van der Waals surface area contributed by atoms with Gasteiger partial charge in [0, 0.05) is 13.0 Å². The Bertz CT molecular complexity index is 292. The Hall–Kier alpha value is -0.630. The lowest BCUT2D eigenvalue weighted by Gasteiger charge is -2.16. The van der Waals surface area contributed by atoms with E-state index in [4.69, 9.17) is 5.11 Å². The fourth-order valence-electron chi connectivity index (χ4n) is 2.86. The van der Waals surface area contributed by atoms with Crippen molar-refractivity contribution in [2.75, 3.05) is 6.61 Å². The Balaban J connectivity index is 1.99. The monoisotopic (exact) mass is 266 g/mol. The molecule has 0 aromatic carbocycles. The van der Waals surface area contributed by atoms with Crippen LogP contribution in [0.1, 0.15) is 84.0 Å². The average molecular weight is 266 g/mol. The van der Waals surface area contributed by atoms with Crippen LogP contribution in [0.15, 0.2) is 11.1 Å². The van der Waals surface area contributed by atoms with Crippen LogP contribution in [0.5, 0.6) is 0 Å². The second-order valence-electron chi connectivity index (χ2n) is 5.81. The van der Waals surface area contributed by atoms with Crippen LogP contribution < -0.4 is 0 Å². The van der Waals surface area contributed by atoms with Crippen molar-refractivity contribution in [3.8, 4) is 0 Å². The lowest BCUT2D eigenvalue weighted by molar-refractivity contribution is -0.116. The summed E-state index contributed by atoms with van der Waals surface area (Å²) in [6.45, 7) is 2.35. The van der Waals surface area contributed by atoms with E-state index in [0.717, 1.165) is 37.7 Å². The molecular formula is C17H30O2. The first-order valence-electron chi connectivity index (χ1n) is 8.08. The number of allylic oxidation sites excluding steroid dienone is 2. The summed E-state index contributed by atoms with van der Waals surface area (Å²) in [5.74, 6) is 0.380. The maximum Gasteiger partial charge on any atom is 0.158 e. The normalized spacial score (nSPS) is 16.2. The first-order chi connectivity index (χ1) is 9.25. The second kappa shape index (κ2) is 10.2. The molecule has 0 aromatic rings. The van der Waals surface area contributed by atoms with Crippen LogP contribution >= 0.6 is 0 Å². The van der Waals surface area contributed by atoms with Crippen molar-refractivity contribution < 1.29 is 9.90 Å². The summed E-state index contributed by atoms with van der Waals surface area (Å²) in [5, 5.41) is 8.67. The lowest BCUT2D eigenvalue weighted by Crippen LogP contribution is -2.09. The highest BCUT2D eigenvalue weighted by Crippen LogP contribution is 2.26. The average Bonchev–Trinajstić information content (AvgIpc) is 2.41. The van der Waals surface area contributed by atoms with Crippen LogP contribution in [-0.2, 0) is 4.79 Å². The number of carbonyl (C=O) groups excluding carboxylic acids is 1. The number of ketones is 1. The van der Waals surface area contributed by atoms with E-state index in [1.807, 2.05) is 6.92 Å². The number of rotatable bonds is 10. The third-order valence-electron chi connectivity index (χ3n) is 4.22. The second-order valence-corrected chi connectivity index (χ2v) is 5.81. The van der Waals surface area contributed by atoms with Crippen LogP contribution in [0.3, 0.4) is 0 Å². The van der Waals surface area contributed by atoms with E-state index in [1.54, 1.807) is 0 Å². The van der Waals surface area contributed by atoms with Crippen molar-refractivity contribution in [1.82, 2.24) is 0 Å². The smallest absolute Gasteiger partial charge is 0.158 e. The van der Waals surface area contributed by atoms with Gasteiger partial charge < -0.3 is 5.11 Å². The molecule has 0 unspecified atom stereocenters. The zero-order valence-electron chi connectivity index (χ0n) is 12.5. The molecule has 0 heterocycles. The fraction of sp³-hybridized carbons (Fsp3) is 0.824. The maximum atomic E-state index is 11.6. The van der Waals surface area contributed by atoms with E-state index >= 15 is 0 Å². The molecular weight excluding hydrogens is 236 g/mol. The largest absolute Gasteiger partial charge is 0.396 e. The summed E-state index contributed by atoms with van der Waals surface area (Å²) in [6.07, 6.45) is 14.0. The Morgan fingerprint density at radius 2 is 1.47 bits per heavy atom. The van der Waals surface area contributed by atoms with Gasteiger partial charge in [-0.25, -0.2) is 0 Å². The molecule has 0 saturated heterocycles. The zero-order chi connectivity index (χ0) is 13.9. The fourth-order valence-corrected chi connectivity index (χ4v) is 2.86. The van der Waals surface area contributed by atoms with Crippen LogP contribution in [0, 0.1) is 0 Å². The molecule has 1 N–H and O–H groups in total. The van der Waals surface area contributed by atoms with E-state index in [1.165, 1.54) is 50.5 Å². The molecule has 1 aliphatic rings. The summed E-state index contributed by atoms with van der Waals surface area (Å²) in [7, 11) is 0. The van der Waals surface area contributed by atoms with Gasteiger partial charge in [0.2, 0.25) is 0 Å². The number of unbranched alkanes of at least 4 members (excludes halogenated alkanes) is 7. The molecule has 2 nitrogen and oxygen atoms in total. The van der Waals surface area contributed by atoms with Gasteiger partial charge in [0.25, 0.3) is 0 Å². The van der Waals surface area contributed by atoms with E-state index in [-0.39, 0.29) is 0 Å².